The van der Waals surface area contributed by atoms with Crippen molar-refractivity contribution in [3.63, 3.8) is 0 Å². The third kappa shape index (κ3) is 6.62. The van der Waals surface area contributed by atoms with E-state index in [9.17, 15) is 0 Å². The lowest BCUT2D eigenvalue weighted by Crippen LogP contribution is -2.51. The van der Waals surface area contributed by atoms with Crippen LogP contribution in [0.3, 0.4) is 0 Å². The van der Waals surface area contributed by atoms with E-state index in [4.69, 9.17) is 5.11 Å². The summed E-state index contributed by atoms with van der Waals surface area (Å²) in [4.78, 5) is 0. The SMILES string of the molecule is [NH3+]CCSSCCO. The van der Waals surface area contributed by atoms with Gasteiger partial charge in [-0.15, -0.1) is 0 Å². The number of hydrogen-bond acceptors (Lipinski definition) is 3. The molecule has 0 fully saturated rings. The fourth-order valence-electron chi connectivity index (χ4n) is 0.214. The van der Waals surface area contributed by atoms with Gasteiger partial charge >= 0.3 is 0 Å². The number of rotatable bonds is 5. The van der Waals surface area contributed by atoms with E-state index in [0.29, 0.717) is 0 Å². The summed E-state index contributed by atoms with van der Waals surface area (Å²) in [6.07, 6.45) is 0. The molecule has 4 heteroatoms. The Bertz CT molecular complexity index is 39.0. The second-order valence-electron chi connectivity index (χ2n) is 1.22. The zero-order valence-electron chi connectivity index (χ0n) is 4.80. The van der Waals surface area contributed by atoms with E-state index >= 15 is 0 Å². The lowest BCUT2D eigenvalue weighted by molar-refractivity contribution is -0.360. The van der Waals surface area contributed by atoms with Crippen molar-refractivity contribution in [2.75, 3.05) is 24.7 Å². The van der Waals surface area contributed by atoms with Crippen molar-refractivity contribution in [2.24, 2.45) is 0 Å². The van der Waals surface area contributed by atoms with Gasteiger partial charge in [0.25, 0.3) is 0 Å². The quantitative estimate of drug-likeness (QED) is 0.418. The fourth-order valence-corrected chi connectivity index (χ4v) is 1.93. The lowest BCUT2D eigenvalue weighted by Gasteiger charge is -1.92. The van der Waals surface area contributed by atoms with Gasteiger partial charge in [0.1, 0.15) is 0 Å². The normalized spacial score (nSPS) is 9.75. The van der Waals surface area contributed by atoms with Gasteiger partial charge in [-0.25, -0.2) is 0 Å². The van der Waals surface area contributed by atoms with Crippen LogP contribution in [0.2, 0.25) is 0 Å². The van der Waals surface area contributed by atoms with Crippen molar-refractivity contribution in [2.45, 2.75) is 0 Å². The van der Waals surface area contributed by atoms with Crippen molar-refractivity contribution in [1.82, 2.24) is 0 Å². The van der Waals surface area contributed by atoms with Crippen molar-refractivity contribution in [1.29, 1.82) is 0 Å². The monoisotopic (exact) mass is 154 g/mol. The molecule has 0 rings (SSSR count). The van der Waals surface area contributed by atoms with Gasteiger partial charge in [-0.3, -0.25) is 0 Å². The highest BCUT2D eigenvalue weighted by Gasteiger charge is 1.86. The predicted octanol–water partition coefficient (Wildman–Crippen LogP) is -0.398. The molecule has 0 aromatic rings. The van der Waals surface area contributed by atoms with Gasteiger partial charge in [-0.05, 0) is 0 Å². The average molecular weight is 154 g/mol. The standard InChI is InChI=1S/C4H11NOS2/c5-1-3-7-8-4-2-6/h6H,1-5H2/p+1. The predicted molar refractivity (Wildman–Crippen MR) is 39.8 cm³/mol. The number of aliphatic hydroxyl groups is 1. The number of aliphatic hydroxyl groups excluding tert-OH is 1. The number of quaternary nitrogens is 1. The Kier molecular flexibility index (Phi) is 8.21. The molecule has 0 aromatic carbocycles. The summed E-state index contributed by atoms with van der Waals surface area (Å²) in [6, 6.07) is 0. The summed E-state index contributed by atoms with van der Waals surface area (Å²) in [7, 11) is 3.48. The molecule has 4 N–H and O–H groups in total. The number of hydrogen-bond donors (Lipinski definition) is 2. The van der Waals surface area contributed by atoms with E-state index in [1.165, 1.54) is 0 Å². The summed E-state index contributed by atoms with van der Waals surface area (Å²) in [5.41, 5.74) is 3.69. The fraction of sp³-hybridized carbons (Fsp3) is 1.00. The first-order chi connectivity index (χ1) is 3.91. The molecule has 0 aliphatic heterocycles. The summed E-state index contributed by atoms with van der Waals surface area (Å²) < 4.78 is 0. The van der Waals surface area contributed by atoms with Gasteiger partial charge in [0.15, 0.2) is 0 Å². The molecule has 50 valence electrons. The Morgan fingerprint density at radius 1 is 1.25 bits per heavy atom. The molecule has 0 aromatic heterocycles. The zero-order valence-corrected chi connectivity index (χ0v) is 6.43. The van der Waals surface area contributed by atoms with Crippen LogP contribution in [0, 0.1) is 0 Å². The Morgan fingerprint density at radius 3 is 2.38 bits per heavy atom. The van der Waals surface area contributed by atoms with Gasteiger partial charge in [-0.1, -0.05) is 21.6 Å². The van der Waals surface area contributed by atoms with Crippen molar-refractivity contribution in [3.05, 3.63) is 0 Å². The minimum absolute atomic E-state index is 0.287. The van der Waals surface area contributed by atoms with Crippen LogP contribution in [0.5, 0.6) is 0 Å². The van der Waals surface area contributed by atoms with Crippen molar-refractivity contribution < 1.29 is 10.8 Å². The molecule has 0 amide bonds. The van der Waals surface area contributed by atoms with Crippen LogP contribution in [0.15, 0.2) is 0 Å². The summed E-state index contributed by atoms with van der Waals surface area (Å²) in [5, 5.41) is 8.32. The van der Waals surface area contributed by atoms with E-state index < -0.39 is 0 Å². The highest BCUT2D eigenvalue weighted by molar-refractivity contribution is 8.76. The minimum Gasteiger partial charge on any atom is -0.395 e. The second kappa shape index (κ2) is 7.62. The maximum Gasteiger partial charge on any atom is 0.0840 e. The van der Waals surface area contributed by atoms with E-state index in [1.807, 2.05) is 0 Å². The van der Waals surface area contributed by atoms with Gasteiger partial charge in [0.05, 0.1) is 18.9 Å². The Hall–Kier alpha value is 0.620. The van der Waals surface area contributed by atoms with E-state index in [1.54, 1.807) is 21.6 Å². The molecule has 0 spiro atoms. The molecular weight excluding hydrogens is 142 g/mol. The molecule has 0 saturated heterocycles. The topological polar surface area (TPSA) is 47.9 Å². The highest BCUT2D eigenvalue weighted by atomic mass is 33.1. The maximum atomic E-state index is 8.32. The average Bonchev–Trinajstić information content (AvgIpc) is 1.81. The third-order valence-electron chi connectivity index (χ3n) is 0.486. The van der Waals surface area contributed by atoms with Crippen LogP contribution in [0.25, 0.3) is 0 Å². The molecule has 0 saturated carbocycles. The Balaban J connectivity index is 2.53. The summed E-state index contributed by atoms with van der Waals surface area (Å²) >= 11 is 0. The first-order valence-corrected chi connectivity index (χ1v) is 5.05. The van der Waals surface area contributed by atoms with Gasteiger partial charge in [0.2, 0.25) is 0 Å². The molecule has 0 atom stereocenters. The highest BCUT2D eigenvalue weighted by Crippen LogP contribution is 2.18. The molecular formula is C4H12NOS2+. The van der Waals surface area contributed by atoms with Gasteiger partial charge in [0, 0.05) is 5.75 Å². The lowest BCUT2D eigenvalue weighted by atomic mass is 10.8. The smallest absolute Gasteiger partial charge is 0.0840 e. The molecule has 0 bridgehead atoms. The van der Waals surface area contributed by atoms with Crippen LogP contribution < -0.4 is 5.73 Å². The van der Waals surface area contributed by atoms with Crippen LogP contribution in [-0.4, -0.2) is 29.8 Å². The third-order valence-corrected chi connectivity index (χ3v) is 2.96. The summed E-state index contributed by atoms with van der Waals surface area (Å²) in [5.74, 6) is 1.93. The first-order valence-electron chi connectivity index (χ1n) is 2.56. The van der Waals surface area contributed by atoms with Crippen LogP contribution in [0.1, 0.15) is 0 Å². The van der Waals surface area contributed by atoms with Crippen molar-refractivity contribution in [3.8, 4) is 0 Å². The van der Waals surface area contributed by atoms with E-state index in [0.717, 1.165) is 18.1 Å². The minimum atomic E-state index is 0.287. The first kappa shape index (κ1) is 8.62. The Morgan fingerprint density at radius 2 is 1.88 bits per heavy atom. The van der Waals surface area contributed by atoms with Crippen molar-refractivity contribution >= 4 is 21.6 Å². The van der Waals surface area contributed by atoms with Crippen LogP contribution in [-0.2, 0) is 0 Å². The Labute approximate surface area is 57.6 Å². The largest absolute Gasteiger partial charge is 0.395 e. The molecule has 8 heavy (non-hydrogen) atoms. The van der Waals surface area contributed by atoms with E-state index in [-0.39, 0.29) is 6.61 Å². The van der Waals surface area contributed by atoms with Crippen LogP contribution in [0.4, 0.5) is 0 Å². The van der Waals surface area contributed by atoms with E-state index in [2.05, 4.69) is 5.73 Å². The molecule has 0 aliphatic rings. The molecule has 0 unspecified atom stereocenters. The second-order valence-corrected chi connectivity index (χ2v) is 3.92. The molecule has 0 heterocycles. The van der Waals surface area contributed by atoms with Crippen LogP contribution >= 0.6 is 21.6 Å². The van der Waals surface area contributed by atoms with Gasteiger partial charge < -0.3 is 10.8 Å². The molecule has 0 aliphatic carbocycles. The molecule has 2 nitrogen and oxygen atoms in total. The van der Waals surface area contributed by atoms with Gasteiger partial charge in [-0.2, -0.15) is 0 Å². The summed E-state index contributed by atoms with van der Waals surface area (Å²) in [6.45, 7) is 1.26. The molecule has 0 radical (unpaired) electrons. The zero-order chi connectivity index (χ0) is 6.24. The maximum absolute atomic E-state index is 8.32.